The fraction of sp³-hybridized carbons (Fsp3) is 0.250. The van der Waals surface area contributed by atoms with E-state index >= 15 is 0 Å². The van der Waals surface area contributed by atoms with Gasteiger partial charge in [-0.1, -0.05) is 42.5 Å². The topological polar surface area (TPSA) is 37.3 Å². The van der Waals surface area contributed by atoms with Gasteiger partial charge in [0.2, 0.25) is 0 Å². The van der Waals surface area contributed by atoms with E-state index in [0.717, 1.165) is 11.1 Å². The number of allylic oxidation sites excluding steroid dienone is 1. The van der Waals surface area contributed by atoms with E-state index in [0.29, 0.717) is 0 Å². The smallest absolute Gasteiger partial charge is 0.328 e. The van der Waals surface area contributed by atoms with Gasteiger partial charge in [0.1, 0.15) is 0 Å². The first-order valence-electron chi connectivity index (χ1n) is 7.77. The molecule has 1 aliphatic rings. The number of carbonyl (C=O) groups is 1. The minimum atomic E-state index is -0.906. The molecule has 0 heterocycles. The van der Waals surface area contributed by atoms with E-state index in [-0.39, 0.29) is 0 Å². The Balaban J connectivity index is 1.88. The number of hydrogen-bond acceptors (Lipinski definition) is 1. The molecule has 0 bridgehead atoms. The van der Waals surface area contributed by atoms with Crippen molar-refractivity contribution in [3.63, 3.8) is 0 Å². The molecule has 0 aromatic heterocycles. The standard InChI is InChI=1S/C20H20O2/c1-14(12-20(21)22)15-6-8-17(9-7-15)19-11-10-16-4-2-3-5-18(16)13-19/h6-13H,2-5H2,1H3,(H,21,22)/b14-12+. The van der Waals surface area contributed by atoms with Crippen LogP contribution >= 0.6 is 0 Å². The lowest BCUT2D eigenvalue weighted by Gasteiger charge is -2.16. The Labute approximate surface area is 131 Å². The molecule has 0 fully saturated rings. The summed E-state index contributed by atoms with van der Waals surface area (Å²) in [5.41, 5.74) is 7.11. The van der Waals surface area contributed by atoms with Crippen LogP contribution in [0.25, 0.3) is 16.7 Å². The molecule has 2 heteroatoms. The van der Waals surface area contributed by atoms with Crippen LogP contribution in [0.15, 0.2) is 48.5 Å². The Hall–Kier alpha value is -2.35. The number of carboxylic acid groups (broad SMARTS) is 1. The van der Waals surface area contributed by atoms with Crippen molar-refractivity contribution < 1.29 is 9.90 Å². The number of rotatable bonds is 3. The lowest BCUT2D eigenvalue weighted by atomic mass is 9.89. The lowest BCUT2D eigenvalue weighted by molar-refractivity contribution is -0.131. The van der Waals surface area contributed by atoms with Crippen LogP contribution < -0.4 is 0 Å². The maximum atomic E-state index is 10.7. The van der Waals surface area contributed by atoms with Crippen molar-refractivity contribution in [3.8, 4) is 11.1 Å². The van der Waals surface area contributed by atoms with E-state index < -0.39 is 5.97 Å². The highest BCUT2D eigenvalue weighted by Gasteiger charge is 2.10. The van der Waals surface area contributed by atoms with E-state index in [2.05, 4.69) is 30.3 Å². The van der Waals surface area contributed by atoms with Crippen molar-refractivity contribution in [1.82, 2.24) is 0 Å². The fourth-order valence-electron chi connectivity index (χ4n) is 3.11. The Kier molecular flexibility index (Phi) is 4.10. The Bertz CT molecular complexity index is 724. The van der Waals surface area contributed by atoms with Gasteiger partial charge in [0.05, 0.1) is 0 Å². The van der Waals surface area contributed by atoms with Crippen molar-refractivity contribution in [2.45, 2.75) is 32.6 Å². The molecule has 0 aliphatic heterocycles. The molecule has 0 amide bonds. The van der Waals surface area contributed by atoms with Gasteiger partial charge in [-0.15, -0.1) is 0 Å². The van der Waals surface area contributed by atoms with Crippen LogP contribution in [0.1, 0.15) is 36.5 Å². The largest absolute Gasteiger partial charge is 0.478 e. The molecule has 0 radical (unpaired) electrons. The SMILES string of the molecule is C/C(=C\C(=O)O)c1ccc(-c2ccc3c(c2)CCCC3)cc1. The van der Waals surface area contributed by atoms with Gasteiger partial charge in [-0.25, -0.2) is 4.79 Å². The molecule has 112 valence electrons. The zero-order valence-corrected chi connectivity index (χ0v) is 12.8. The van der Waals surface area contributed by atoms with Crippen molar-refractivity contribution in [1.29, 1.82) is 0 Å². The predicted octanol–water partition coefficient (Wildman–Crippen LogP) is 4.72. The highest BCUT2D eigenvalue weighted by atomic mass is 16.4. The molecule has 0 saturated heterocycles. The molecular weight excluding hydrogens is 272 g/mol. The second-order valence-corrected chi connectivity index (χ2v) is 5.93. The van der Waals surface area contributed by atoms with Crippen LogP contribution in [-0.4, -0.2) is 11.1 Å². The molecule has 1 N–H and O–H groups in total. The van der Waals surface area contributed by atoms with Gasteiger partial charge in [0, 0.05) is 6.08 Å². The molecule has 2 aromatic carbocycles. The molecule has 2 nitrogen and oxygen atoms in total. The third-order valence-corrected chi connectivity index (χ3v) is 4.36. The molecule has 0 unspecified atom stereocenters. The molecule has 1 aliphatic carbocycles. The maximum absolute atomic E-state index is 10.7. The summed E-state index contributed by atoms with van der Waals surface area (Å²) in [6.07, 6.45) is 6.22. The molecule has 2 aromatic rings. The second kappa shape index (κ2) is 6.18. The van der Waals surface area contributed by atoms with E-state index in [9.17, 15) is 4.79 Å². The quantitative estimate of drug-likeness (QED) is 0.831. The third kappa shape index (κ3) is 3.11. The van der Waals surface area contributed by atoms with Crippen LogP contribution in [0.2, 0.25) is 0 Å². The molecule has 3 rings (SSSR count). The Morgan fingerprint density at radius 3 is 2.27 bits per heavy atom. The van der Waals surface area contributed by atoms with Gasteiger partial charge in [-0.05, 0) is 66.0 Å². The summed E-state index contributed by atoms with van der Waals surface area (Å²) >= 11 is 0. The lowest BCUT2D eigenvalue weighted by Crippen LogP contribution is -2.02. The van der Waals surface area contributed by atoms with Gasteiger partial charge < -0.3 is 5.11 Å². The zero-order chi connectivity index (χ0) is 15.5. The molecule has 0 atom stereocenters. The second-order valence-electron chi connectivity index (χ2n) is 5.93. The van der Waals surface area contributed by atoms with Gasteiger partial charge in [-0.3, -0.25) is 0 Å². The summed E-state index contributed by atoms with van der Waals surface area (Å²) in [5, 5.41) is 8.81. The Morgan fingerprint density at radius 1 is 0.955 bits per heavy atom. The minimum absolute atomic E-state index is 0.768. The van der Waals surface area contributed by atoms with E-state index in [4.69, 9.17) is 5.11 Å². The summed E-state index contributed by atoms with van der Waals surface area (Å²) in [7, 11) is 0. The summed E-state index contributed by atoms with van der Waals surface area (Å²) in [4.78, 5) is 10.7. The minimum Gasteiger partial charge on any atom is -0.478 e. The number of carboxylic acids is 1. The predicted molar refractivity (Wildman–Crippen MR) is 89.8 cm³/mol. The summed E-state index contributed by atoms with van der Waals surface area (Å²) in [6, 6.07) is 14.9. The van der Waals surface area contributed by atoms with Crippen molar-refractivity contribution >= 4 is 11.5 Å². The van der Waals surface area contributed by atoms with Crippen LogP contribution in [0.5, 0.6) is 0 Å². The van der Waals surface area contributed by atoms with Crippen LogP contribution in [0, 0.1) is 0 Å². The van der Waals surface area contributed by atoms with Crippen molar-refractivity contribution in [3.05, 3.63) is 65.2 Å². The normalized spacial score (nSPS) is 14.5. The maximum Gasteiger partial charge on any atom is 0.328 e. The molecule has 22 heavy (non-hydrogen) atoms. The number of aryl methyl sites for hydroxylation is 2. The monoisotopic (exact) mass is 292 g/mol. The highest BCUT2D eigenvalue weighted by Crippen LogP contribution is 2.28. The zero-order valence-electron chi connectivity index (χ0n) is 12.8. The summed E-state index contributed by atoms with van der Waals surface area (Å²) in [6.45, 7) is 1.82. The average Bonchev–Trinajstić information content (AvgIpc) is 2.54. The van der Waals surface area contributed by atoms with Crippen LogP contribution in [0.3, 0.4) is 0 Å². The average molecular weight is 292 g/mol. The fourth-order valence-corrected chi connectivity index (χ4v) is 3.11. The van der Waals surface area contributed by atoms with Crippen molar-refractivity contribution in [2.75, 3.05) is 0 Å². The summed E-state index contributed by atoms with van der Waals surface area (Å²) < 4.78 is 0. The first kappa shape index (κ1) is 14.6. The number of aliphatic carboxylic acids is 1. The first-order valence-corrected chi connectivity index (χ1v) is 7.77. The number of fused-ring (bicyclic) bond motifs is 1. The van der Waals surface area contributed by atoms with Gasteiger partial charge in [-0.2, -0.15) is 0 Å². The van der Waals surface area contributed by atoms with Gasteiger partial charge in [0.15, 0.2) is 0 Å². The third-order valence-electron chi connectivity index (χ3n) is 4.36. The van der Waals surface area contributed by atoms with Crippen LogP contribution in [0.4, 0.5) is 0 Å². The first-order chi connectivity index (χ1) is 10.6. The molecule has 0 saturated carbocycles. The Morgan fingerprint density at radius 2 is 1.59 bits per heavy atom. The highest BCUT2D eigenvalue weighted by molar-refractivity contribution is 5.89. The van der Waals surface area contributed by atoms with E-state index in [1.165, 1.54) is 54.0 Å². The number of hydrogen-bond donors (Lipinski definition) is 1. The number of benzene rings is 2. The van der Waals surface area contributed by atoms with Gasteiger partial charge in [0.25, 0.3) is 0 Å². The van der Waals surface area contributed by atoms with Crippen LogP contribution in [-0.2, 0) is 17.6 Å². The molecular formula is C20H20O2. The van der Waals surface area contributed by atoms with Crippen molar-refractivity contribution in [2.24, 2.45) is 0 Å². The summed E-state index contributed by atoms with van der Waals surface area (Å²) in [5.74, 6) is -0.906. The van der Waals surface area contributed by atoms with E-state index in [1.54, 1.807) is 0 Å². The van der Waals surface area contributed by atoms with E-state index in [1.807, 2.05) is 19.1 Å². The van der Waals surface area contributed by atoms with Gasteiger partial charge >= 0.3 is 5.97 Å². The molecule has 0 spiro atoms.